The highest BCUT2D eigenvalue weighted by Crippen LogP contribution is 2.36. The number of nitrogens with zero attached hydrogens (tertiary/aromatic N) is 1. The van der Waals surface area contributed by atoms with E-state index in [9.17, 15) is 4.79 Å². The van der Waals surface area contributed by atoms with Crippen LogP contribution in [0.5, 0.6) is 5.75 Å². The quantitative estimate of drug-likeness (QED) is 0.550. The normalized spacial score (nSPS) is 18.0. The molecule has 1 aromatic heterocycles. The van der Waals surface area contributed by atoms with Crippen molar-refractivity contribution in [3.63, 3.8) is 0 Å². The largest absolute Gasteiger partial charge is 0.490 e. The number of esters is 1. The van der Waals surface area contributed by atoms with Gasteiger partial charge < -0.3 is 14.2 Å². The SMILES string of the molecule is COC(=O)c1ccncc1-c1ccccc1OC1CC(OCc2ccccc2)C1. The molecule has 148 valence electrons. The van der Waals surface area contributed by atoms with Gasteiger partial charge in [0.15, 0.2) is 0 Å². The van der Waals surface area contributed by atoms with Crippen LogP contribution in [0.3, 0.4) is 0 Å². The lowest BCUT2D eigenvalue weighted by Crippen LogP contribution is -2.39. The van der Waals surface area contributed by atoms with Crippen LogP contribution in [0.15, 0.2) is 73.1 Å². The molecule has 1 fully saturated rings. The molecular formula is C24H23NO4. The lowest BCUT2D eigenvalue weighted by Gasteiger charge is -2.35. The molecule has 0 aliphatic heterocycles. The number of pyridine rings is 1. The van der Waals surface area contributed by atoms with Gasteiger partial charge in [0.1, 0.15) is 11.9 Å². The minimum absolute atomic E-state index is 0.0928. The summed E-state index contributed by atoms with van der Waals surface area (Å²) in [5.41, 5.74) is 3.17. The zero-order valence-electron chi connectivity index (χ0n) is 16.3. The molecule has 1 saturated carbocycles. The van der Waals surface area contributed by atoms with E-state index in [-0.39, 0.29) is 12.2 Å². The van der Waals surface area contributed by atoms with Gasteiger partial charge >= 0.3 is 5.97 Å². The number of benzene rings is 2. The molecule has 0 saturated heterocycles. The van der Waals surface area contributed by atoms with Crippen molar-refractivity contribution in [3.8, 4) is 16.9 Å². The standard InChI is InChI=1S/C24H23NO4/c1-27-24(26)21-11-12-25-15-22(21)20-9-5-6-10-23(20)29-19-13-18(14-19)28-16-17-7-3-2-4-8-17/h2-12,15,18-19H,13-14,16H2,1H3. The van der Waals surface area contributed by atoms with Crippen LogP contribution in [0, 0.1) is 0 Å². The highest BCUT2D eigenvalue weighted by atomic mass is 16.5. The summed E-state index contributed by atoms with van der Waals surface area (Å²) >= 11 is 0. The number of rotatable bonds is 7. The Labute approximate surface area is 170 Å². The summed E-state index contributed by atoms with van der Waals surface area (Å²) < 4.78 is 17.1. The first-order chi connectivity index (χ1) is 14.2. The Balaban J connectivity index is 1.41. The van der Waals surface area contributed by atoms with Crippen molar-refractivity contribution in [2.45, 2.75) is 31.7 Å². The van der Waals surface area contributed by atoms with Gasteiger partial charge in [-0.2, -0.15) is 0 Å². The maximum absolute atomic E-state index is 12.1. The summed E-state index contributed by atoms with van der Waals surface area (Å²) in [7, 11) is 1.37. The molecule has 5 heteroatoms. The number of carbonyl (C=O) groups is 1. The van der Waals surface area contributed by atoms with Gasteiger partial charge in [0.2, 0.25) is 0 Å². The van der Waals surface area contributed by atoms with Gasteiger partial charge in [-0.15, -0.1) is 0 Å². The van der Waals surface area contributed by atoms with Crippen LogP contribution >= 0.6 is 0 Å². The monoisotopic (exact) mass is 389 g/mol. The molecule has 4 rings (SSSR count). The van der Waals surface area contributed by atoms with Crippen LogP contribution in [-0.4, -0.2) is 30.3 Å². The second-order valence-electron chi connectivity index (χ2n) is 7.04. The Kier molecular flexibility index (Phi) is 5.86. The molecule has 29 heavy (non-hydrogen) atoms. The van der Waals surface area contributed by atoms with E-state index in [4.69, 9.17) is 14.2 Å². The molecule has 1 aliphatic rings. The predicted octanol–water partition coefficient (Wildman–Crippen LogP) is 4.66. The third kappa shape index (κ3) is 4.46. The number of hydrogen-bond acceptors (Lipinski definition) is 5. The Morgan fingerprint density at radius 3 is 2.52 bits per heavy atom. The van der Waals surface area contributed by atoms with Gasteiger partial charge in [-0.3, -0.25) is 4.98 Å². The van der Waals surface area contributed by atoms with Crippen LogP contribution in [-0.2, 0) is 16.1 Å². The topological polar surface area (TPSA) is 57.7 Å². The van der Waals surface area contributed by atoms with Crippen molar-refractivity contribution in [1.29, 1.82) is 0 Å². The number of para-hydroxylation sites is 1. The smallest absolute Gasteiger partial charge is 0.338 e. The Bertz CT molecular complexity index is 967. The van der Waals surface area contributed by atoms with Gasteiger partial charge in [-0.25, -0.2) is 4.79 Å². The van der Waals surface area contributed by atoms with Crippen LogP contribution in [0.4, 0.5) is 0 Å². The van der Waals surface area contributed by atoms with Gasteiger partial charge in [0.25, 0.3) is 0 Å². The van der Waals surface area contributed by atoms with E-state index in [1.807, 2.05) is 42.5 Å². The van der Waals surface area contributed by atoms with Crippen LogP contribution in [0.2, 0.25) is 0 Å². The highest BCUT2D eigenvalue weighted by Gasteiger charge is 2.32. The summed E-state index contributed by atoms with van der Waals surface area (Å²) in [4.78, 5) is 16.3. The van der Waals surface area contributed by atoms with Crippen LogP contribution in [0.25, 0.3) is 11.1 Å². The molecular weight excluding hydrogens is 366 g/mol. The highest BCUT2D eigenvalue weighted by molar-refractivity contribution is 5.97. The molecule has 0 spiro atoms. The molecule has 0 amide bonds. The number of methoxy groups -OCH3 is 1. The summed E-state index contributed by atoms with van der Waals surface area (Å²) in [5, 5.41) is 0. The molecule has 0 N–H and O–H groups in total. The Hall–Kier alpha value is -3.18. The third-order valence-corrected chi connectivity index (χ3v) is 5.08. The molecule has 2 aromatic carbocycles. The Morgan fingerprint density at radius 1 is 0.966 bits per heavy atom. The molecule has 0 atom stereocenters. The summed E-state index contributed by atoms with van der Waals surface area (Å²) in [6.07, 6.45) is 5.24. The lowest BCUT2D eigenvalue weighted by atomic mass is 9.91. The first-order valence-corrected chi connectivity index (χ1v) is 9.68. The van der Waals surface area contributed by atoms with E-state index in [1.54, 1.807) is 18.5 Å². The van der Waals surface area contributed by atoms with Gasteiger partial charge in [-0.1, -0.05) is 48.5 Å². The fourth-order valence-electron chi connectivity index (χ4n) is 3.41. The second-order valence-corrected chi connectivity index (χ2v) is 7.04. The molecule has 3 aromatic rings. The average molecular weight is 389 g/mol. The average Bonchev–Trinajstić information content (AvgIpc) is 2.75. The number of hydrogen-bond donors (Lipinski definition) is 0. The van der Waals surface area contributed by atoms with E-state index in [0.717, 1.165) is 24.2 Å². The Morgan fingerprint density at radius 2 is 1.72 bits per heavy atom. The number of aromatic nitrogens is 1. The van der Waals surface area contributed by atoms with Crippen molar-refractivity contribution in [1.82, 2.24) is 4.98 Å². The van der Waals surface area contributed by atoms with E-state index in [0.29, 0.717) is 17.7 Å². The summed E-state index contributed by atoms with van der Waals surface area (Å²) in [5.74, 6) is 0.340. The van der Waals surface area contributed by atoms with Crippen molar-refractivity contribution in [2.24, 2.45) is 0 Å². The maximum atomic E-state index is 12.1. The minimum atomic E-state index is -0.393. The minimum Gasteiger partial charge on any atom is -0.490 e. The molecule has 0 radical (unpaired) electrons. The summed E-state index contributed by atoms with van der Waals surface area (Å²) in [6, 6.07) is 19.5. The van der Waals surface area contributed by atoms with E-state index < -0.39 is 5.97 Å². The number of ether oxygens (including phenoxy) is 3. The fraction of sp³-hybridized carbons (Fsp3) is 0.250. The van der Waals surface area contributed by atoms with Crippen molar-refractivity contribution in [3.05, 3.63) is 84.2 Å². The summed E-state index contributed by atoms with van der Waals surface area (Å²) in [6.45, 7) is 0.618. The number of carbonyl (C=O) groups excluding carboxylic acids is 1. The zero-order chi connectivity index (χ0) is 20.1. The van der Waals surface area contributed by atoms with Gasteiger partial charge in [-0.05, 0) is 17.7 Å². The van der Waals surface area contributed by atoms with Gasteiger partial charge in [0.05, 0.1) is 25.4 Å². The van der Waals surface area contributed by atoms with Gasteiger partial charge in [0, 0.05) is 36.4 Å². The second kappa shape index (κ2) is 8.88. The van der Waals surface area contributed by atoms with E-state index >= 15 is 0 Å². The van der Waals surface area contributed by atoms with E-state index in [1.165, 1.54) is 12.7 Å². The van der Waals surface area contributed by atoms with Crippen molar-refractivity contribution >= 4 is 5.97 Å². The predicted molar refractivity (Wildman–Crippen MR) is 110 cm³/mol. The van der Waals surface area contributed by atoms with Crippen LogP contribution < -0.4 is 4.74 Å². The first-order valence-electron chi connectivity index (χ1n) is 9.68. The van der Waals surface area contributed by atoms with Crippen molar-refractivity contribution in [2.75, 3.05) is 7.11 Å². The first kappa shape index (κ1) is 19.2. The van der Waals surface area contributed by atoms with E-state index in [2.05, 4.69) is 17.1 Å². The third-order valence-electron chi connectivity index (χ3n) is 5.08. The van der Waals surface area contributed by atoms with Crippen molar-refractivity contribution < 1.29 is 19.0 Å². The lowest BCUT2D eigenvalue weighted by molar-refractivity contribution is -0.0682. The maximum Gasteiger partial charge on any atom is 0.338 e. The molecule has 5 nitrogen and oxygen atoms in total. The molecule has 1 aliphatic carbocycles. The molecule has 1 heterocycles. The zero-order valence-corrected chi connectivity index (χ0v) is 16.3. The molecule has 0 unspecified atom stereocenters. The fourth-order valence-corrected chi connectivity index (χ4v) is 3.41. The van der Waals surface area contributed by atoms with Crippen LogP contribution in [0.1, 0.15) is 28.8 Å². The molecule has 0 bridgehead atoms.